The summed E-state index contributed by atoms with van der Waals surface area (Å²) in [6.07, 6.45) is 14.6. The van der Waals surface area contributed by atoms with Crippen molar-refractivity contribution < 1.29 is 0 Å². The number of fused-ring (bicyclic) bond motifs is 10. The van der Waals surface area contributed by atoms with Crippen LogP contribution in [0, 0.1) is 0 Å². The Kier molecular flexibility index (Phi) is 7.71. The van der Waals surface area contributed by atoms with Crippen LogP contribution in [0.15, 0.2) is 36.4 Å². The van der Waals surface area contributed by atoms with Crippen LogP contribution >= 0.6 is 0 Å². The van der Waals surface area contributed by atoms with Gasteiger partial charge in [0.15, 0.2) is 0 Å². The predicted octanol–water partition coefficient (Wildman–Crippen LogP) is 7.27. The van der Waals surface area contributed by atoms with Gasteiger partial charge in [0.1, 0.15) is 0 Å². The molecule has 0 aromatic carbocycles. The molecule has 37 heavy (non-hydrogen) atoms. The largest absolute Gasteiger partial charge is 0.340 e. The highest BCUT2D eigenvalue weighted by Crippen LogP contribution is 2.31. The number of hydrogen-bond donors (Lipinski definition) is 1. The summed E-state index contributed by atoms with van der Waals surface area (Å²) in [7, 11) is 0. The van der Waals surface area contributed by atoms with E-state index in [-0.39, 0.29) is 0 Å². The summed E-state index contributed by atoms with van der Waals surface area (Å²) in [5.41, 5.74) is 17.8. The molecule has 5 heterocycles. The molecule has 0 atom stereocenters. The smallest absolute Gasteiger partial charge is 0.0894 e. The van der Waals surface area contributed by atoms with E-state index in [1.807, 2.05) is 0 Å². The van der Waals surface area contributed by atoms with Crippen LogP contribution in [0.3, 0.4) is 0 Å². The van der Waals surface area contributed by atoms with Crippen molar-refractivity contribution in [1.82, 2.24) is 19.1 Å². The SMILES string of the molecule is CCCc1cc2ccc3nc(c4nc(ccc5cc(CCCN)c(c1n2CCC)n5CCC)C=C4)C=C3. The Morgan fingerprint density at radius 3 is 1.62 bits per heavy atom. The van der Waals surface area contributed by atoms with Gasteiger partial charge in [-0.15, -0.1) is 0 Å². The van der Waals surface area contributed by atoms with Crippen molar-refractivity contribution in [2.24, 2.45) is 5.73 Å². The Morgan fingerprint density at radius 1 is 0.649 bits per heavy atom. The molecule has 2 N–H and O–H groups in total. The fourth-order valence-electron chi connectivity index (χ4n) is 5.53. The molecule has 8 bridgehead atoms. The quantitative estimate of drug-likeness (QED) is 0.235. The van der Waals surface area contributed by atoms with Crippen LogP contribution < -0.4 is 5.73 Å². The Morgan fingerprint density at radius 2 is 1.16 bits per heavy atom. The van der Waals surface area contributed by atoms with Crippen LogP contribution in [0.4, 0.5) is 0 Å². The predicted molar refractivity (Wildman–Crippen MR) is 158 cm³/mol. The van der Waals surface area contributed by atoms with E-state index >= 15 is 0 Å². The van der Waals surface area contributed by atoms with Crippen molar-refractivity contribution >= 4 is 46.4 Å². The van der Waals surface area contributed by atoms with E-state index < -0.39 is 0 Å². The molecule has 2 aliphatic heterocycles. The van der Waals surface area contributed by atoms with Gasteiger partial charge >= 0.3 is 0 Å². The Labute approximate surface area is 220 Å². The molecule has 5 heteroatoms. The highest BCUT2D eigenvalue weighted by atomic mass is 15.0. The number of aromatic nitrogens is 4. The minimum atomic E-state index is 0.698. The molecule has 3 aromatic rings. The Bertz CT molecular complexity index is 1500. The molecule has 0 fully saturated rings. The lowest BCUT2D eigenvalue weighted by Gasteiger charge is -2.12. The topological polar surface area (TPSA) is 61.7 Å². The maximum Gasteiger partial charge on any atom is 0.0894 e. The molecule has 0 aliphatic carbocycles. The number of hydrogen-bond acceptors (Lipinski definition) is 3. The molecule has 2 aliphatic rings. The standard InChI is InChI=1S/C32H39N5/c1-4-8-23-21-27-14-10-25-12-16-29(34-25)30-17-13-26(35-30)11-15-28-22-24(9-7-18-33)32(37(28)20-6-3)31(23)36(27)19-5-2/h10-17,21-22H,4-9,18-20,33H2,1-3H3. The first kappa shape index (κ1) is 25.2. The van der Waals surface area contributed by atoms with Crippen LogP contribution in [0.2, 0.25) is 0 Å². The second-order valence-corrected chi connectivity index (χ2v) is 10.0. The lowest BCUT2D eigenvalue weighted by molar-refractivity contribution is 0.706. The second-order valence-electron chi connectivity index (χ2n) is 10.0. The number of nitrogens with zero attached hydrogens (tertiary/aromatic N) is 4. The fraction of sp³-hybridized carbons (Fsp3) is 0.375. The molecule has 0 saturated heterocycles. The zero-order valence-corrected chi connectivity index (χ0v) is 22.5. The van der Waals surface area contributed by atoms with Gasteiger partial charge in [-0.1, -0.05) is 27.2 Å². The van der Waals surface area contributed by atoms with Crippen molar-refractivity contribution in [3.8, 4) is 0 Å². The van der Waals surface area contributed by atoms with Crippen molar-refractivity contribution in [2.75, 3.05) is 6.54 Å². The summed E-state index contributed by atoms with van der Waals surface area (Å²) >= 11 is 0. The lowest BCUT2D eigenvalue weighted by Crippen LogP contribution is -2.04. The highest BCUT2D eigenvalue weighted by molar-refractivity contribution is 5.89. The first-order chi connectivity index (χ1) is 18.2. The normalized spacial score (nSPS) is 12.5. The van der Waals surface area contributed by atoms with Gasteiger partial charge in [-0.05, 0) is 110 Å². The van der Waals surface area contributed by atoms with E-state index in [9.17, 15) is 0 Å². The summed E-state index contributed by atoms with van der Waals surface area (Å²) < 4.78 is 5.08. The minimum Gasteiger partial charge on any atom is -0.340 e. The van der Waals surface area contributed by atoms with Crippen LogP contribution in [0.1, 0.15) is 80.4 Å². The molecule has 5 rings (SSSR count). The van der Waals surface area contributed by atoms with Crippen molar-refractivity contribution in [3.63, 3.8) is 0 Å². The van der Waals surface area contributed by atoms with Gasteiger partial charge in [0.25, 0.3) is 0 Å². The van der Waals surface area contributed by atoms with E-state index in [0.29, 0.717) is 6.54 Å². The molecule has 192 valence electrons. The summed E-state index contributed by atoms with van der Waals surface area (Å²) in [6.45, 7) is 9.46. The third kappa shape index (κ3) is 5.05. The van der Waals surface area contributed by atoms with Gasteiger partial charge in [-0.3, -0.25) is 0 Å². The summed E-state index contributed by atoms with van der Waals surface area (Å²) in [5.74, 6) is 0. The monoisotopic (exact) mass is 493 g/mol. The first-order valence-electron chi connectivity index (χ1n) is 14.0. The fourth-order valence-corrected chi connectivity index (χ4v) is 5.53. The molecular weight excluding hydrogens is 454 g/mol. The van der Waals surface area contributed by atoms with Crippen LogP contribution in [0.25, 0.3) is 46.4 Å². The third-order valence-electron chi connectivity index (χ3n) is 7.14. The maximum absolute atomic E-state index is 5.99. The molecule has 3 aromatic heterocycles. The van der Waals surface area contributed by atoms with Crippen molar-refractivity contribution in [3.05, 3.63) is 70.3 Å². The summed E-state index contributed by atoms with van der Waals surface area (Å²) in [4.78, 5) is 9.69. The lowest BCUT2D eigenvalue weighted by atomic mass is 10.1. The van der Waals surface area contributed by atoms with Crippen molar-refractivity contribution in [2.45, 2.75) is 72.4 Å². The first-order valence-corrected chi connectivity index (χ1v) is 14.0. The zero-order chi connectivity index (χ0) is 25.8. The van der Waals surface area contributed by atoms with E-state index in [0.717, 1.165) is 74.4 Å². The molecule has 0 spiro atoms. The van der Waals surface area contributed by atoms with Gasteiger partial charge in [0, 0.05) is 24.1 Å². The number of nitrogens with two attached hydrogens (primary N) is 1. The zero-order valence-electron chi connectivity index (χ0n) is 22.5. The molecule has 0 saturated carbocycles. The number of rotatable bonds is 9. The van der Waals surface area contributed by atoms with E-state index in [2.05, 4.69) is 90.6 Å². The average Bonchev–Trinajstić information content (AvgIpc) is 3.67. The Balaban J connectivity index is 1.97. The van der Waals surface area contributed by atoms with Gasteiger partial charge in [0.05, 0.1) is 33.8 Å². The summed E-state index contributed by atoms with van der Waals surface area (Å²) in [6, 6.07) is 13.6. The second kappa shape index (κ2) is 11.3. The minimum absolute atomic E-state index is 0.698. The van der Waals surface area contributed by atoms with Gasteiger partial charge in [-0.2, -0.15) is 0 Å². The highest BCUT2D eigenvalue weighted by Gasteiger charge is 2.16. The van der Waals surface area contributed by atoms with Crippen LogP contribution in [-0.4, -0.2) is 25.6 Å². The number of aryl methyl sites for hydroxylation is 4. The average molecular weight is 494 g/mol. The van der Waals surface area contributed by atoms with Gasteiger partial charge < -0.3 is 14.9 Å². The third-order valence-corrected chi connectivity index (χ3v) is 7.14. The van der Waals surface area contributed by atoms with Gasteiger partial charge in [-0.25, -0.2) is 9.97 Å². The van der Waals surface area contributed by atoms with Crippen LogP contribution in [-0.2, 0) is 25.9 Å². The maximum atomic E-state index is 5.99. The van der Waals surface area contributed by atoms with Crippen molar-refractivity contribution in [1.29, 1.82) is 0 Å². The van der Waals surface area contributed by atoms with Crippen LogP contribution in [0.5, 0.6) is 0 Å². The molecule has 5 nitrogen and oxygen atoms in total. The summed E-state index contributed by atoms with van der Waals surface area (Å²) in [5, 5.41) is 0. The van der Waals surface area contributed by atoms with Gasteiger partial charge in [0.2, 0.25) is 0 Å². The van der Waals surface area contributed by atoms with E-state index in [1.54, 1.807) is 0 Å². The molecule has 0 radical (unpaired) electrons. The molecule has 0 amide bonds. The molecular formula is C32H39N5. The Hall–Kier alpha value is -3.44. The molecule has 0 unspecified atom stereocenters. The van der Waals surface area contributed by atoms with E-state index in [4.69, 9.17) is 15.7 Å². The van der Waals surface area contributed by atoms with E-state index in [1.165, 1.54) is 33.2 Å².